The van der Waals surface area contributed by atoms with Crippen molar-refractivity contribution in [2.75, 3.05) is 14.2 Å². The summed E-state index contributed by atoms with van der Waals surface area (Å²) >= 11 is 0. The topological polar surface area (TPSA) is 46.6 Å². The number of para-hydroxylation sites is 1. The van der Waals surface area contributed by atoms with Crippen LogP contribution in [0.2, 0.25) is 0 Å². The van der Waals surface area contributed by atoms with Crippen LogP contribution in [0.1, 0.15) is 11.1 Å². The van der Waals surface area contributed by atoms with E-state index in [0.29, 0.717) is 0 Å². The lowest BCUT2D eigenvalue weighted by molar-refractivity contribution is -0.138. The van der Waals surface area contributed by atoms with Gasteiger partial charge in [0.05, 0.1) is 12.7 Å². The normalized spacial score (nSPS) is 12.4. The van der Waals surface area contributed by atoms with Gasteiger partial charge >= 0.3 is 6.18 Å². The number of ether oxygens (including phenoxy) is 1. The Balaban J connectivity index is 2.38. The quantitative estimate of drug-likeness (QED) is 0.820. The molecule has 8 heteroatoms. The average Bonchev–Trinajstić information content (AvgIpc) is 2.54. The molecular weight excluding hydrogens is 343 g/mol. The number of nitrogens with zero attached hydrogens (tertiary/aromatic N) is 1. The molecule has 0 unspecified atom stereocenters. The Bertz CT molecular complexity index is 819. The summed E-state index contributed by atoms with van der Waals surface area (Å²) in [6.45, 7) is -0.407. The summed E-state index contributed by atoms with van der Waals surface area (Å²) in [5.41, 5.74) is -0.974. The minimum atomic E-state index is -4.55. The van der Waals surface area contributed by atoms with Crippen molar-refractivity contribution in [3.63, 3.8) is 0 Å². The van der Waals surface area contributed by atoms with Crippen molar-refractivity contribution in [2.45, 2.75) is 17.6 Å². The number of benzene rings is 2. The van der Waals surface area contributed by atoms with Crippen molar-refractivity contribution in [2.24, 2.45) is 0 Å². The van der Waals surface area contributed by atoms with Gasteiger partial charge in [-0.3, -0.25) is 0 Å². The van der Waals surface area contributed by atoms with Gasteiger partial charge in [-0.15, -0.1) is 0 Å². The van der Waals surface area contributed by atoms with E-state index < -0.39 is 28.3 Å². The van der Waals surface area contributed by atoms with E-state index in [-0.39, 0.29) is 16.2 Å². The maximum Gasteiger partial charge on any atom is 0.416 e. The van der Waals surface area contributed by atoms with Crippen LogP contribution >= 0.6 is 0 Å². The number of methoxy groups -OCH3 is 1. The SMILES string of the molecule is COc1ccccc1S(=O)(=O)N(C)Cc1ccccc1C(F)(F)F. The predicted molar refractivity (Wildman–Crippen MR) is 83.1 cm³/mol. The number of halogens is 3. The van der Waals surface area contributed by atoms with Gasteiger partial charge in [-0.05, 0) is 23.8 Å². The lowest BCUT2D eigenvalue weighted by atomic mass is 10.1. The van der Waals surface area contributed by atoms with Crippen LogP contribution in [-0.4, -0.2) is 26.9 Å². The molecule has 0 aliphatic rings. The van der Waals surface area contributed by atoms with E-state index in [0.717, 1.165) is 10.4 Å². The monoisotopic (exact) mass is 359 g/mol. The van der Waals surface area contributed by atoms with E-state index in [4.69, 9.17) is 4.74 Å². The fourth-order valence-corrected chi connectivity index (χ4v) is 3.56. The smallest absolute Gasteiger partial charge is 0.416 e. The molecule has 0 heterocycles. The van der Waals surface area contributed by atoms with Gasteiger partial charge < -0.3 is 4.74 Å². The third-order valence-electron chi connectivity index (χ3n) is 3.47. The van der Waals surface area contributed by atoms with E-state index in [1.807, 2.05) is 0 Å². The molecule has 0 fully saturated rings. The van der Waals surface area contributed by atoms with E-state index in [2.05, 4.69) is 0 Å². The van der Waals surface area contributed by atoms with Crippen molar-refractivity contribution >= 4 is 10.0 Å². The molecule has 0 spiro atoms. The van der Waals surface area contributed by atoms with Gasteiger partial charge in [-0.2, -0.15) is 17.5 Å². The van der Waals surface area contributed by atoms with Crippen LogP contribution in [0.15, 0.2) is 53.4 Å². The van der Waals surface area contributed by atoms with E-state index in [1.54, 1.807) is 6.07 Å². The molecule has 24 heavy (non-hydrogen) atoms. The summed E-state index contributed by atoms with van der Waals surface area (Å²) in [6, 6.07) is 10.8. The zero-order valence-corrected chi connectivity index (χ0v) is 13.9. The molecule has 0 bridgehead atoms. The molecule has 0 radical (unpaired) electrons. The molecule has 2 aromatic rings. The van der Waals surface area contributed by atoms with Crippen LogP contribution in [0, 0.1) is 0 Å². The molecule has 0 aliphatic heterocycles. The second-order valence-corrected chi connectivity index (χ2v) is 7.08. The number of rotatable bonds is 5. The molecule has 0 atom stereocenters. The fourth-order valence-electron chi connectivity index (χ4n) is 2.26. The van der Waals surface area contributed by atoms with Gasteiger partial charge in [-0.25, -0.2) is 8.42 Å². The lowest BCUT2D eigenvalue weighted by Gasteiger charge is -2.21. The fraction of sp³-hybridized carbons (Fsp3) is 0.250. The molecule has 4 nitrogen and oxygen atoms in total. The average molecular weight is 359 g/mol. The minimum absolute atomic E-state index is 0.0977. The van der Waals surface area contributed by atoms with Crippen LogP contribution in [-0.2, 0) is 22.7 Å². The highest BCUT2D eigenvalue weighted by Crippen LogP contribution is 2.33. The third kappa shape index (κ3) is 3.70. The van der Waals surface area contributed by atoms with Gasteiger partial charge in [0.15, 0.2) is 0 Å². The Morgan fingerprint density at radius 2 is 1.62 bits per heavy atom. The van der Waals surface area contributed by atoms with E-state index in [1.165, 1.54) is 50.6 Å². The second kappa shape index (κ2) is 6.82. The van der Waals surface area contributed by atoms with Gasteiger partial charge in [0.25, 0.3) is 0 Å². The van der Waals surface area contributed by atoms with Crippen LogP contribution in [0.5, 0.6) is 5.75 Å². The van der Waals surface area contributed by atoms with E-state index >= 15 is 0 Å². The van der Waals surface area contributed by atoms with Crippen LogP contribution in [0.4, 0.5) is 13.2 Å². The zero-order chi connectivity index (χ0) is 18.0. The van der Waals surface area contributed by atoms with Crippen molar-refractivity contribution in [3.05, 3.63) is 59.7 Å². The summed E-state index contributed by atoms with van der Waals surface area (Å²) < 4.78 is 70.3. The summed E-state index contributed by atoms with van der Waals surface area (Å²) in [6.07, 6.45) is -4.55. The van der Waals surface area contributed by atoms with Gasteiger partial charge in [0.2, 0.25) is 10.0 Å². The van der Waals surface area contributed by atoms with Gasteiger partial charge in [0.1, 0.15) is 10.6 Å². The number of sulfonamides is 1. The van der Waals surface area contributed by atoms with E-state index in [9.17, 15) is 21.6 Å². The number of hydrogen-bond donors (Lipinski definition) is 0. The first kappa shape index (κ1) is 18.3. The first-order valence-electron chi connectivity index (χ1n) is 6.92. The summed E-state index contributed by atoms with van der Waals surface area (Å²) in [4.78, 5) is -0.0977. The maximum absolute atomic E-state index is 13.0. The van der Waals surface area contributed by atoms with Crippen LogP contribution in [0.25, 0.3) is 0 Å². The van der Waals surface area contributed by atoms with Crippen molar-refractivity contribution in [1.82, 2.24) is 4.31 Å². The highest BCUT2D eigenvalue weighted by atomic mass is 32.2. The van der Waals surface area contributed by atoms with Crippen LogP contribution < -0.4 is 4.74 Å². The van der Waals surface area contributed by atoms with Crippen molar-refractivity contribution in [1.29, 1.82) is 0 Å². The van der Waals surface area contributed by atoms with Crippen LogP contribution in [0.3, 0.4) is 0 Å². The Morgan fingerprint density at radius 3 is 2.25 bits per heavy atom. The first-order valence-corrected chi connectivity index (χ1v) is 8.36. The summed E-state index contributed by atoms with van der Waals surface area (Å²) in [5, 5.41) is 0. The molecule has 0 N–H and O–H groups in total. The molecule has 0 saturated carbocycles. The standard InChI is InChI=1S/C16H16F3NO3S/c1-20(11-12-7-3-4-8-13(12)16(17,18)19)24(21,22)15-10-6-5-9-14(15)23-2/h3-10H,11H2,1-2H3. The highest BCUT2D eigenvalue weighted by Gasteiger charge is 2.34. The summed E-state index contributed by atoms with van der Waals surface area (Å²) in [7, 11) is -1.44. The number of hydrogen-bond acceptors (Lipinski definition) is 3. The Kier molecular flexibility index (Phi) is 5.19. The Morgan fingerprint density at radius 1 is 1.04 bits per heavy atom. The Hall–Kier alpha value is -2.06. The predicted octanol–water partition coefficient (Wildman–Crippen LogP) is 3.53. The lowest BCUT2D eigenvalue weighted by Crippen LogP contribution is -2.28. The number of alkyl halides is 3. The highest BCUT2D eigenvalue weighted by molar-refractivity contribution is 7.89. The maximum atomic E-state index is 13.0. The van der Waals surface area contributed by atoms with Crippen molar-refractivity contribution in [3.8, 4) is 5.75 Å². The zero-order valence-electron chi connectivity index (χ0n) is 13.0. The summed E-state index contributed by atoms with van der Waals surface area (Å²) in [5.74, 6) is 0.133. The molecule has 2 aromatic carbocycles. The Labute approximate surface area is 138 Å². The molecular formula is C16H16F3NO3S. The molecule has 0 amide bonds. The molecule has 0 aromatic heterocycles. The van der Waals surface area contributed by atoms with Gasteiger partial charge in [-0.1, -0.05) is 30.3 Å². The molecule has 0 saturated heterocycles. The third-order valence-corrected chi connectivity index (χ3v) is 5.32. The second-order valence-electron chi connectivity index (χ2n) is 5.07. The largest absolute Gasteiger partial charge is 0.495 e. The first-order chi connectivity index (χ1) is 11.2. The van der Waals surface area contributed by atoms with Gasteiger partial charge in [0, 0.05) is 13.6 Å². The minimum Gasteiger partial charge on any atom is -0.495 e. The molecule has 2 rings (SSSR count). The van der Waals surface area contributed by atoms with Crippen molar-refractivity contribution < 1.29 is 26.3 Å². The molecule has 130 valence electrons. The molecule has 0 aliphatic carbocycles.